The molecule has 1 heterocycles. The molecule has 2 atom stereocenters. The fourth-order valence-corrected chi connectivity index (χ4v) is 1.50. The van der Waals surface area contributed by atoms with Crippen LogP contribution in [-0.4, -0.2) is 33.3 Å². The zero-order valence-corrected chi connectivity index (χ0v) is 10.3. The highest BCUT2D eigenvalue weighted by Crippen LogP contribution is 2.07. The molecule has 17 heavy (non-hydrogen) atoms. The average Bonchev–Trinajstić information content (AvgIpc) is 2.72. The molecular formula is C11H17N5O. The van der Waals surface area contributed by atoms with E-state index in [9.17, 15) is 4.79 Å². The van der Waals surface area contributed by atoms with E-state index in [1.165, 1.54) is 0 Å². The minimum Gasteiger partial charge on any atom is -0.344 e. The van der Waals surface area contributed by atoms with E-state index >= 15 is 0 Å². The third-order valence-electron chi connectivity index (χ3n) is 2.39. The van der Waals surface area contributed by atoms with Crippen molar-refractivity contribution in [3.8, 4) is 12.3 Å². The fourth-order valence-electron chi connectivity index (χ4n) is 1.50. The SMILES string of the molecule is C#CCNC(=O)C(C)NC(C)c1nncn1C. The molecule has 2 N–H and O–H groups in total. The van der Waals surface area contributed by atoms with Crippen LogP contribution in [0.15, 0.2) is 6.33 Å². The van der Waals surface area contributed by atoms with Crippen LogP contribution in [0, 0.1) is 12.3 Å². The lowest BCUT2D eigenvalue weighted by Gasteiger charge is -2.18. The third-order valence-corrected chi connectivity index (χ3v) is 2.39. The zero-order valence-electron chi connectivity index (χ0n) is 10.3. The molecule has 0 saturated carbocycles. The van der Waals surface area contributed by atoms with Crippen molar-refractivity contribution in [3.63, 3.8) is 0 Å². The molecule has 0 saturated heterocycles. The molecule has 6 heteroatoms. The summed E-state index contributed by atoms with van der Waals surface area (Å²) in [5.74, 6) is 3.01. The van der Waals surface area contributed by atoms with Gasteiger partial charge in [-0.1, -0.05) is 5.92 Å². The summed E-state index contributed by atoms with van der Waals surface area (Å²) >= 11 is 0. The maximum Gasteiger partial charge on any atom is 0.237 e. The Morgan fingerprint density at radius 3 is 2.88 bits per heavy atom. The van der Waals surface area contributed by atoms with Gasteiger partial charge in [0.15, 0.2) is 0 Å². The second-order valence-corrected chi connectivity index (χ2v) is 3.83. The van der Waals surface area contributed by atoms with Crippen molar-refractivity contribution in [2.24, 2.45) is 7.05 Å². The Bertz CT molecular complexity index is 420. The topological polar surface area (TPSA) is 71.8 Å². The number of rotatable bonds is 5. The summed E-state index contributed by atoms with van der Waals surface area (Å²) in [6.45, 7) is 3.94. The Balaban J connectivity index is 2.52. The highest BCUT2D eigenvalue weighted by molar-refractivity contribution is 5.81. The van der Waals surface area contributed by atoms with E-state index < -0.39 is 0 Å². The van der Waals surface area contributed by atoms with Crippen molar-refractivity contribution in [1.82, 2.24) is 25.4 Å². The molecule has 0 bridgehead atoms. The predicted octanol–water partition coefficient (Wildman–Crippen LogP) is -0.396. The van der Waals surface area contributed by atoms with Gasteiger partial charge in [-0.15, -0.1) is 16.6 Å². The normalized spacial score (nSPS) is 13.8. The average molecular weight is 235 g/mol. The molecule has 0 aliphatic rings. The highest BCUT2D eigenvalue weighted by Gasteiger charge is 2.18. The highest BCUT2D eigenvalue weighted by atomic mass is 16.2. The van der Waals surface area contributed by atoms with Gasteiger partial charge in [0.05, 0.1) is 18.6 Å². The molecule has 92 valence electrons. The van der Waals surface area contributed by atoms with Gasteiger partial charge in [0.2, 0.25) is 5.91 Å². The van der Waals surface area contributed by atoms with Crippen molar-refractivity contribution in [2.45, 2.75) is 25.9 Å². The number of hydrogen-bond donors (Lipinski definition) is 2. The van der Waals surface area contributed by atoms with Gasteiger partial charge >= 0.3 is 0 Å². The van der Waals surface area contributed by atoms with Gasteiger partial charge in [-0.05, 0) is 13.8 Å². The van der Waals surface area contributed by atoms with Crippen LogP contribution in [0.2, 0.25) is 0 Å². The number of amides is 1. The van der Waals surface area contributed by atoms with E-state index in [2.05, 4.69) is 26.8 Å². The molecule has 0 aliphatic heterocycles. The molecule has 6 nitrogen and oxygen atoms in total. The van der Waals surface area contributed by atoms with Crippen molar-refractivity contribution in [1.29, 1.82) is 0 Å². The summed E-state index contributed by atoms with van der Waals surface area (Å²) in [5, 5.41) is 13.5. The van der Waals surface area contributed by atoms with Gasteiger partial charge in [0.1, 0.15) is 12.2 Å². The van der Waals surface area contributed by atoms with E-state index in [0.717, 1.165) is 5.82 Å². The number of terminal acetylenes is 1. The van der Waals surface area contributed by atoms with Gasteiger partial charge in [-0.3, -0.25) is 10.1 Å². The van der Waals surface area contributed by atoms with Gasteiger partial charge in [0, 0.05) is 7.05 Å². The van der Waals surface area contributed by atoms with Gasteiger partial charge < -0.3 is 9.88 Å². The monoisotopic (exact) mass is 235 g/mol. The quantitative estimate of drug-likeness (QED) is 0.681. The molecule has 1 aromatic rings. The largest absolute Gasteiger partial charge is 0.344 e. The summed E-state index contributed by atoms with van der Waals surface area (Å²) in [7, 11) is 1.86. The van der Waals surface area contributed by atoms with Crippen LogP contribution in [0.4, 0.5) is 0 Å². The van der Waals surface area contributed by atoms with E-state index in [0.29, 0.717) is 0 Å². The number of carbonyl (C=O) groups excluding carboxylic acids is 1. The van der Waals surface area contributed by atoms with Crippen LogP contribution in [0.5, 0.6) is 0 Å². The first-order valence-electron chi connectivity index (χ1n) is 5.37. The zero-order chi connectivity index (χ0) is 12.8. The summed E-state index contributed by atoms with van der Waals surface area (Å²) in [4.78, 5) is 11.6. The van der Waals surface area contributed by atoms with Crippen molar-refractivity contribution < 1.29 is 4.79 Å². The maximum atomic E-state index is 11.6. The predicted molar refractivity (Wildman–Crippen MR) is 63.9 cm³/mol. The van der Waals surface area contributed by atoms with Crippen LogP contribution >= 0.6 is 0 Å². The molecule has 0 spiro atoms. The standard InChI is InChI=1S/C11H17N5O/c1-5-6-12-11(17)9(3)14-8(2)10-15-13-7-16(10)4/h1,7-9,14H,6H2,2-4H3,(H,12,17). The fraction of sp³-hybridized carbons (Fsp3) is 0.545. The van der Waals surface area contributed by atoms with Gasteiger partial charge in [0.25, 0.3) is 0 Å². The Hall–Kier alpha value is -1.87. The molecule has 1 rings (SSSR count). The summed E-state index contributed by atoms with van der Waals surface area (Å²) in [5.41, 5.74) is 0. The summed E-state index contributed by atoms with van der Waals surface area (Å²) in [6.07, 6.45) is 6.69. The van der Waals surface area contributed by atoms with Gasteiger partial charge in [-0.25, -0.2) is 0 Å². The van der Waals surface area contributed by atoms with E-state index in [1.54, 1.807) is 13.3 Å². The second-order valence-electron chi connectivity index (χ2n) is 3.83. The molecule has 2 unspecified atom stereocenters. The Kier molecular flexibility index (Phi) is 4.67. The Labute approximate surface area is 101 Å². The van der Waals surface area contributed by atoms with Crippen LogP contribution < -0.4 is 10.6 Å². The van der Waals surface area contributed by atoms with Crippen molar-refractivity contribution in [3.05, 3.63) is 12.2 Å². The molecule has 0 radical (unpaired) electrons. The van der Waals surface area contributed by atoms with E-state index in [1.807, 2.05) is 18.5 Å². The Morgan fingerprint density at radius 2 is 2.35 bits per heavy atom. The summed E-state index contributed by atoms with van der Waals surface area (Å²) in [6, 6.07) is -0.399. The van der Waals surface area contributed by atoms with Crippen LogP contribution in [0.3, 0.4) is 0 Å². The van der Waals surface area contributed by atoms with Crippen molar-refractivity contribution in [2.75, 3.05) is 6.54 Å². The first-order chi connectivity index (χ1) is 8.06. The van der Waals surface area contributed by atoms with Crippen LogP contribution in [0.1, 0.15) is 25.7 Å². The van der Waals surface area contributed by atoms with E-state index in [-0.39, 0.29) is 24.5 Å². The molecule has 1 amide bonds. The summed E-state index contributed by atoms with van der Waals surface area (Å²) < 4.78 is 1.81. The number of aromatic nitrogens is 3. The molecule has 0 fully saturated rings. The van der Waals surface area contributed by atoms with Crippen LogP contribution in [-0.2, 0) is 11.8 Å². The molecule has 0 aliphatic carbocycles. The number of nitrogens with zero attached hydrogens (tertiary/aromatic N) is 3. The lowest BCUT2D eigenvalue weighted by Crippen LogP contribution is -2.43. The Morgan fingerprint density at radius 1 is 1.65 bits per heavy atom. The number of hydrogen-bond acceptors (Lipinski definition) is 4. The third kappa shape index (κ3) is 3.57. The maximum absolute atomic E-state index is 11.6. The lowest BCUT2D eigenvalue weighted by atomic mass is 10.2. The number of aryl methyl sites for hydroxylation is 1. The van der Waals surface area contributed by atoms with Crippen molar-refractivity contribution >= 4 is 5.91 Å². The number of nitrogens with one attached hydrogen (secondary N) is 2. The first kappa shape index (κ1) is 13.2. The number of carbonyl (C=O) groups is 1. The minimum absolute atomic E-state index is 0.0610. The first-order valence-corrected chi connectivity index (χ1v) is 5.37. The van der Waals surface area contributed by atoms with Gasteiger partial charge in [-0.2, -0.15) is 0 Å². The van der Waals surface area contributed by atoms with Crippen LogP contribution in [0.25, 0.3) is 0 Å². The van der Waals surface area contributed by atoms with E-state index in [4.69, 9.17) is 6.42 Å². The molecule has 1 aromatic heterocycles. The minimum atomic E-state index is -0.338. The smallest absolute Gasteiger partial charge is 0.237 e. The molecule has 0 aromatic carbocycles. The lowest BCUT2D eigenvalue weighted by molar-refractivity contribution is -0.122. The second kappa shape index (κ2) is 6.01. The molecular weight excluding hydrogens is 218 g/mol.